The van der Waals surface area contributed by atoms with Crippen molar-refractivity contribution >= 4 is 11.7 Å². The minimum Gasteiger partial charge on any atom is -0.310 e. The predicted octanol–water partition coefficient (Wildman–Crippen LogP) is 4.26. The Morgan fingerprint density at radius 1 is 1.09 bits per heavy atom. The van der Waals surface area contributed by atoms with Gasteiger partial charge >= 0.3 is 6.18 Å². The van der Waals surface area contributed by atoms with Gasteiger partial charge in [-0.05, 0) is 68.4 Å². The minimum atomic E-state index is -4.41. The zero-order valence-corrected chi connectivity index (χ0v) is 12.7. The van der Waals surface area contributed by atoms with Crippen LogP contribution in [0.2, 0.25) is 0 Å². The highest BCUT2D eigenvalue weighted by molar-refractivity contribution is 5.94. The molecule has 4 bridgehead atoms. The summed E-state index contributed by atoms with van der Waals surface area (Å²) in [5.74, 6) is 2.09. The van der Waals surface area contributed by atoms with E-state index in [9.17, 15) is 18.0 Å². The molecule has 1 amide bonds. The van der Waals surface area contributed by atoms with E-state index >= 15 is 0 Å². The Bertz CT molecular complexity index is 588. The number of pyridine rings is 1. The first kappa shape index (κ1) is 15.0. The third-order valence-electron chi connectivity index (χ3n) is 5.85. The van der Waals surface area contributed by atoms with Gasteiger partial charge in [0.25, 0.3) is 0 Å². The van der Waals surface area contributed by atoms with E-state index in [1.54, 1.807) is 0 Å². The van der Waals surface area contributed by atoms with Gasteiger partial charge in [-0.1, -0.05) is 0 Å². The summed E-state index contributed by atoms with van der Waals surface area (Å²) in [6.07, 6.45) is 2.86. The summed E-state index contributed by atoms with van der Waals surface area (Å²) in [6, 6.07) is 2.20. The van der Waals surface area contributed by atoms with Crippen LogP contribution in [0.5, 0.6) is 0 Å². The second-order valence-electron chi connectivity index (χ2n) is 7.58. The van der Waals surface area contributed by atoms with Crippen LogP contribution in [-0.2, 0) is 11.0 Å². The molecular weight excluding hydrogens is 305 g/mol. The first-order chi connectivity index (χ1) is 10.8. The number of carbonyl (C=O) groups is 1. The average molecular weight is 324 g/mol. The molecule has 0 atom stereocenters. The molecule has 0 saturated heterocycles. The average Bonchev–Trinajstić information content (AvgIpc) is 2.45. The van der Waals surface area contributed by atoms with Gasteiger partial charge in [-0.25, -0.2) is 4.98 Å². The van der Waals surface area contributed by atoms with Gasteiger partial charge in [0.05, 0.1) is 11.0 Å². The number of alkyl halides is 3. The van der Waals surface area contributed by atoms with Gasteiger partial charge < -0.3 is 5.32 Å². The lowest BCUT2D eigenvalue weighted by Crippen LogP contribution is -2.51. The van der Waals surface area contributed by atoms with Gasteiger partial charge in [0, 0.05) is 6.20 Å². The highest BCUT2D eigenvalue weighted by Crippen LogP contribution is 2.60. The summed E-state index contributed by atoms with van der Waals surface area (Å²) in [7, 11) is 0. The molecule has 5 rings (SSSR count). The summed E-state index contributed by atoms with van der Waals surface area (Å²) in [6.45, 7) is 0. The van der Waals surface area contributed by atoms with Gasteiger partial charge in [0.15, 0.2) is 0 Å². The normalized spacial score (nSPS) is 35.3. The zero-order valence-electron chi connectivity index (χ0n) is 12.7. The van der Waals surface area contributed by atoms with Crippen LogP contribution < -0.4 is 5.32 Å². The van der Waals surface area contributed by atoms with Gasteiger partial charge in [0.2, 0.25) is 5.91 Å². The fourth-order valence-electron chi connectivity index (χ4n) is 5.27. The number of carbonyl (C=O) groups excluding carboxylic acids is 1. The highest BCUT2D eigenvalue weighted by Gasteiger charge is 2.54. The molecule has 4 aliphatic rings. The van der Waals surface area contributed by atoms with E-state index in [0.717, 1.165) is 31.5 Å². The van der Waals surface area contributed by atoms with E-state index in [4.69, 9.17) is 0 Å². The van der Waals surface area contributed by atoms with Crippen molar-refractivity contribution in [3.8, 4) is 0 Å². The minimum absolute atomic E-state index is 0.0520. The molecule has 1 aromatic heterocycles. The van der Waals surface area contributed by atoms with Crippen molar-refractivity contribution in [3.63, 3.8) is 0 Å². The second-order valence-corrected chi connectivity index (χ2v) is 7.58. The number of hydrogen-bond donors (Lipinski definition) is 1. The molecule has 124 valence electrons. The lowest BCUT2D eigenvalue weighted by molar-refractivity contribution is -0.140. The quantitative estimate of drug-likeness (QED) is 0.883. The van der Waals surface area contributed by atoms with Crippen molar-refractivity contribution in [3.05, 3.63) is 23.9 Å². The lowest BCUT2D eigenvalue weighted by atomic mass is 9.49. The van der Waals surface area contributed by atoms with Gasteiger partial charge in [-0.2, -0.15) is 13.2 Å². The molecule has 0 spiro atoms. The molecule has 0 aromatic carbocycles. The number of anilines is 1. The molecule has 3 nitrogen and oxygen atoms in total. The number of halogens is 3. The molecule has 0 radical (unpaired) electrons. The third kappa shape index (κ3) is 2.62. The number of aromatic nitrogens is 1. The smallest absolute Gasteiger partial charge is 0.310 e. The number of rotatable bonds is 2. The van der Waals surface area contributed by atoms with Crippen LogP contribution in [0.4, 0.5) is 19.0 Å². The monoisotopic (exact) mass is 324 g/mol. The van der Waals surface area contributed by atoms with Crippen molar-refractivity contribution in [1.82, 2.24) is 4.98 Å². The van der Waals surface area contributed by atoms with Crippen LogP contribution >= 0.6 is 0 Å². The van der Waals surface area contributed by atoms with E-state index in [1.165, 1.54) is 25.3 Å². The van der Waals surface area contributed by atoms with Gasteiger partial charge in [-0.15, -0.1) is 0 Å². The standard InChI is InChI=1S/C17H19F3N2O/c18-17(19,20)13-1-2-14(21-9-13)22-15(23)16-6-10-3-11(7-16)5-12(4-10)8-16/h1-2,9-12H,3-8H2,(H,21,22,23). The Labute approximate surface area is 132 Å². The summed E-state index contributed by atoms with van der Waals surface area (Å²) < 4.78 is 37.7. The molecule has 1 N–H and O–H groups in total. The molecule has 23 heavy (non-hydrogen) atoms. The van der Waals surface area contributed by atoms with E-state index in [-0.39, 0.29) is 17.1 Å². The van der Waals surface area contributed by atoms with Gasteiger partial charge in [0.1, 0.15) is 5.82 Å². The summed E-state index contributed by atoms with van der Waals surface area (Å²) in [4.78, 5) is 16.5. The largest absolute Gasteiger partial charge is 0.417 e. The molecular formula is C17H19F3N2O. The summed E-state index contributed by atoms with van der Waals surface area (Å²) in [5.41, 5.74) is -1.12. The Hall–Kier alpha value is -1.59. The SMILES string of the molecule is O=C(Nc1ccc(C(F)(F)F)cn1)C12CC3CC(CC(C3)C1)C2. The fourth-order valence-corrected chi connectivity index (χ4v) is 5.27. The van der Waals surface area contributed by atoms with Crippen molar-refractivity contribution in [2.24, 2.45) is 23.2 Å². The van der Waals surface area contributed by atoms with Crippen LogP contribution in [0.15, 0.2) is 18.3 Å². The molecule has 1 heterocycles. The van der Waals surface area contributed by atoms with Crippen LogP contribution in [0.3, 0.4) is 0 Å². The zero-order chi connectivity index (χ0) is 16.2. The molecule has 1 aromatic rings. The summed E-state index contributed by atoms with van der Waals surface area (Å²) >= 11 is 0. The van der Waals surface area contributed by atoms with Crippen molar-refractivity contribution in [2.75, 3.05) is 5.32 Å². The molecule has 4 aliphatic carbocycles. The predicted molar refractivity (Wildman–Crippen MR) is 78.5 cm³/mol. The number of hydrogen-bond acceptors (Lipinski definition) is 2. The number of nitrogens with zero attached hydrogens (tertiary/aromatic N) is 1. The topological polar surface area (TPSA) is 42.0 Å². The second kappa shape index (κ2) is 4.95. The molecule has 4 saturated carbocycles. The maximum Gasteiger partial charge on any atom is 0.417 e. The first-order valence-electron chi connectivity index (χ1n) is 8.19. The number of amides is 1. The highest BCUT2D eigenvalue weighted by atomic mass is 19.4. The lowest BCUT2D eigenvalue weighted by Gasteiger charge is -2.55. The van der Waals surface area contributed by atoms with Crippen molar-refractivity contribution in [2.45, 2.75) is 44.7 Å². The van der Waals surface area contributed by atoms with Crippen LogP contribution in [0.1, 0.15) is 44.1 Å². The molecule has 0 unspecified atom stereocenters. The molecule has 0 aliphatic heterocycles. The summed E-state index contributed by atoms with van der Waals surface area (Å²) in [5, 5.41) is 2.76. The molecule has 6 heteroatoms. The van der Waals surface area contributed by atoms with Crippen molar-refractivity contribution in [1.29, 1.82) is 0 Å². The van der Waals surface area contributed by atoms with E-state index in [2.05, 4.69) is 10.3 Å². The van der Waals surface area contributed by atoms with Crippen LogP contribution in [-0.4, -0.2) is 10.9 Å². The third-order valence-corrected chi connectivity index (χ3v) is 5.85. The molecule has 4 fully saturated rings. The van der Waals surface area contributed by atoms with Crippen LogP contribution in [0.25, 0.3) is 0 Å². The number of nitrogens with one attached hydrogen (secondary N) is 1. The Morgan fingerprint density at radius 2 is 1.65 bits per heavy atom. The fraction of sp³-hybridized carbons (Fsp3) is 0.647. The maximum absolute atomic E-state index is 12.8. The van der Waals surface area contributed by atoms with E-state index in [0.29, 0.717) is 17.8 Å². The Kier molecular flexibility index (Phi) is 3.22. The van der Waals surface area contributed by atoms with Crippen LogP contribution in [0, 0.1) is 23.2 Å². The van der Waals surface area contributed by atoms with E-state index < -0.39 is 11.7 Å². The first-order valence-corrected chi connectivity index (χ1v) is 8.19. The maximum atomic E-state index is 12.8. The Balaban J connectivity index is 1.50. The van der Waals surface area contributed by atoms with Crippen molar-refractivity contribution < 1.29 is 18.0 Å². The van der Waals surface area contributed by atoms with Gasteiger partial charge in [-0.3, -0.25) is 4.79 Å². The van der Waals surface area contributed by atoms with E-state index in [1.807, 2.05) is 0 Å². The Morgan fingerprint density at radius 3 is 2.09 bits per heavy atom.